The van der Waals surface area contributed by atoms with Crippen molar-refractivity contribution in [3.8, 4) is 5.75 Å². The highest BCUT2D eigenvalue weighted by atomic mass is 19.1. The summed E-state index contributed by atoms with van der Waals surface area (Å²) in [7, 11) is 1.24. The van der Waals surface area contributed by atoms with E-state index < -0.39 is 23.7 Å². The van der Waals surface area contributed by atoms with Crippen molar-refractivity contribution in [2.24, 2.45) is 0 Å². The van der Waals surface area contributed by atoms with Gasteiger partial charge in [0.05, 0.1) is 18.2 Å². The van der Waals surface area contributed by atoms with E-state index in [9.17, 15) is 19.1 Å². The fraction of sp³-hybridized carbons (Fsp3) is 0.190. The lowest BCUT2D eigenvalue weighted by atomic mass is 10.0. The summed E-state index contributed by atoms with van der Waals surface area (Å²) in [5, 5.41) is 12.4. The molecule has 1 aromatic heterocycles. The lowest BCUT2D eigenvalue weighted by Crippen LogP contribution is -2.43. The van der Waals surface area contributed by atoms with Crippen LogP contribution in [-0.2, 0) is 16.0 Å². The Labute approximate surface area is 161 Å². The Kier molecular flexibility index (Phi) is 5.54. The molecule has 0 fully saturated rings. The number of aryl methyl sites for hydroxylation is 1. The van der Waals surface area contributed by atoms with E-state index in [0.29, 0.717) is 16.6 Å². The number of pyridine rings is 1. The van der Waals surface area contributed by atoms with Gasteiger partial charge in [-0.2, -0.15) is 0 Å². The second-order valence-electron chi connectivity index (χ2n) is 6.39. The zero-order valence-electron chi connectivity index (χ0n) is 15.4. The highest BCUT2D eigenvalue weighted by Crippen LogP contribution is 2.20. The molecule has 0 aliphatic rings. The Balaban J connectivity index is 1.91. The Morgan fingerprint density at radius 3 is 2.57 bits per heavy atom. The summed E-state index contributed by atoms with van der Waals surface area (Å²) in [6.07, 6.45) is 0.176. The van der Waals surface area contributed by atoms with E-state index in [-0.39, 0.29) is 17.7 Å². The number of phenolic OH excluding ortho intramolecular Hbond substituents is 1. The first-order valence-corrected chi connectivity index (χ1v) is 8.61. The zero-order valence-corrected chi connectivity index (χ0v) is 15.4. The summed E-state index contributed by atoms with van der Waals surface area (Å²) in [6, 6.07) is 10.9. The van der Waals surface area contributed by atoms with Gasteiger partial charge in [0.1, 0.15) is 17.6 Å². The summed E-state index contributed by atoms with van der Waals surface area (Å²) in [5.41, 5.74) is 2.04. The Morgan fingerprint density at radius 1 is 1.18 bits per heavy atom. The van der Waals surface area contributed by atoms with Crippen LogP contribution in [0.25, 0.3) is 10.9 Å². The number of ether oxygens (including phenoxy) is 1. The van der Waals surface area contributed by atoms with Crippen LogP contribution in [-0.4, -0.2) is 35.1 Å². The number of nitrogens with one attached hydrogen (secondary N) is 1. The number of hydrogen-bond donors (Lipinski definition) is 2. The zero-order chi connectivity index (χ0) is 20.3. The van der Waals surface area contributed by atoms with Gasteiger partial charge in [0.25, 0.3) is 5.91 Å². The third kappa shape index (κ3) is 4.25. The normalized spacial score (nSPS) is 11.8. The number of esters is 1. The van der Waals surface area contributed by atoms with E-state index in [1.54, 1.807) is 25.1 Å². The SMILES string of the molecule is COC(=O)C(Cc1ccc(O)cc1)NC(=O)c1cc(C)nc2ccc(F)cc12. The van der Waals surface area contributed by atoms with Gasteiger partial charge in [-0.1, -0.05) is 12.1 Å². The minimum Gasteiger partial charge on any atom is -0.508 e. The molecule has 0 spiro atoms. The summed E-state index contributed by atoms with van der Waals surface area (Å²) in [4.78, 5) is 29.4. The van der Waals surface area contributed by atoms with Crippen LogP contribution in [0, 0.1) is 12.7 Å². The van der Waals surface area contributed by atoms with Crippen molar-refractivity contribution < 1.29 is 23.8 Å². The molecule has 0 radical (unpaired) electrons. The number of aromatic hydroxyl groups is 1. The molecular weight excluding hydrogens is 363 g/mol. The molecule has 7 heteroatoms. The lowest BCUT2D eigenvalue weighted by molar-refractivity contribution is -0.142. The molecule has 2 aromatic carbocycles. The summed E-state index contributed by atoms with van der Waals surface area (Å²) >= 11 is 0. The van der Waals surface area contributed by atoms with E-state index in [1.165, 1.54) is 37.4 Å². The first-order valence-electron chi connectivity index (χ1n) is 8.61. The second-order valence-corrected chi connectivity index (χ2v) is 6.39. The predicted octanol–water partition coefficient (Wildman–Crippen LogP) is 2.90. The second kappa shape index (κ2) is 8.04. The molecule has 144 valence electrons. The molecule has 0 saturated carbocycles. The highest BCUT2D eigenvalue weighted by Gasteiger charge is 2.24. The molecule has 28 heavy (non-hydrogen) atoms. The number of nitrogens with zero attached hydrogens (tertiary/aromatic N) is 1. The van der Waals surface area contributed by atoms with Crippen LogP contribution in [0.2, 0.25) is 0 Å². The number of phenols is 1. The number of benzene rings is 2. The van der Waals surface area contributed by atoms with Crippen molar-refractivity contribution in [1.82, 2.24) is 10.3 Å². The maximum atomic E-state index is 13.7. The number of methoxy groups -OCH3 is 1. The smallest absolute Gasteiger partial charge is 0.328 e. The van der Waals surface area contributed by atoms with Crippen LogP contribution in [0.1, 0.15) is 21.6 Å². The maximum Gasteiger partial charge on any atom is 0.328 e. The molecule has 3 rings (SSSR count). The molecular formula is C21H19FN2O4. The van der Waals surface area contributed by atoms with Crippen LogP contribution >= 0.6 is 0 Å². The third-order valence-corrected chi connectivity index (χ3v) is 4.31. The Hall–Kier alpha value is -3.48. The van der Waals surface area contributed by atoms with E-state index in [0.717, 1.165) is 5.56 Å². The van der Waals surface area contributed by atoms with Gasteiger partial charge in [-0.15, -0.1) is 0 Å². The van der Waals surface area contributed by atoms with Gasteiger partial charge >= 0.3 is 5.97 Å². The van der Waals surface area contributed by atoms with Crippen LogP contribution in [0.5, 0.6) is 5.75 Å². The molecule has 0 bridgehead atoms. The Morgan fingerprint density at radius 2 is 1.89 bits per heavy atom. The van der Waals surface area contributed by atoms with Gasteiger partial charge in [0.15, 0.2) is 0 Å². The molecule has 2 N–H and O–H groups in total. The van der Waals surface area contributed by atoms with Crippen molar-refractivity contribution in [3.05, 3.63) is 71.2 Å². The average molecular weight is 382 g/mol. The molecule has 3 aromatic rings. The van der Waals surface area contributed by atoms with Crippen molar-refractivity contribution >= 4 is 22.8 Å². The average Bonchev–Trinajstić information content (AvgIpc) is 2.68. The number of hydrogen-bond acceptors (Lipinski definition) is 5. The Bertz CT molecular complexity index is 1030. The molecule has 1 amide bonds. The highest BCUT2D eigenvalue weighted by molar-refractivity contribution is 6.07. The third-order valence-electron chi connectivity index (χ3n) is 4.31. The van der Waals surface area contributed by atoms with E-state index in [1.807, 2.05) is 0 Å². The molecule has 1 atom stereocenters. The van der Waals surface area contributed by atoms with E-state index in [2.05, 4.69) is 10.3 Å². The minimum atomic E-state index is -0.945. The van der Waals surface area contributed by atoms with Gasteiger partial charge in [-0.25, -0.2) is 9.18 Å². The molecule has 6 nitrogen and oxygen atoms in total. The molecule has 1 heterocycles. The van der Waals surface area contributed by atoms with Crippen LogP contribution in [0.3, 0.4) is 0 Å². The van der Waals surface area contributed by atoms with Crippen LogP contribution in [0.4, 0.5) is 4.39 Å². The van der Waals surface area contributed by atoms with Gasteiger partial charge in [-0.05, 0) is 48.9 Å². The molecule has 0 saturated heterocycles. The number of halogens is 1. The van der Waals surface area contributed by atoms with Gasteiger partial charge in [0.2, 0.25) is 0 Å². The van der Waals surface area contributed by atoms with Gasteiger partial charge in [-0.3, -0.25) is 9.78 Å². The van der Waals surface area contributed by atoms with Gasteiger partial charge < -0.3 is 15.2 Å². The van der Waals surface area contributed by atoms with E-state index >= 15 is 0 Å². The van der Waals surface area contributed by atoms with Crippen molar-refractivity contribution in [1.29, 1.82) is 0 Å². The fourth-order valence-corrected chi connectivity index (χ4v) is 2.96. The molecule has 1 unspecified atom stereocenters. The summed E-state index contributed by atoms with van der Waals surface area (Å²) in [5.74, 6) is -1.53. The quantitative estimate of drug-likeness (QED) is 0.663. The number of rotatable bonds is 5. The number of carbonyl (C=O) groups excluding carboxylic acids is 2. The monoisotopic (exact) mass is 382 g/mol. The van der Waals surface area contributed by atoms with Crippen molar-refractivity contribution in [2.75, 3.05) is 7.11 Å². The number of fused-ring (bicyclic) bond motifs is 1. The first kappa shape index (κ1) is 19.3. The molecule has 0 aliphatic carbocycles. The lowest BCUT2D eigenvalue weighted by Gasteiger charge is -2.17. The maximum absolute atomic E-state index is 13.7. The van der Waals surface area contributed by atoms with E-state index in [4.69, 9.17) is 4.74 Å². The standard InChI is InChI=1S/C21H19FN2O4/c1-12-9-17(16-11-14(22)5-8-18(16)23-12)20(26)24-19(21(27)28-2)10-13-3-6-15(25)7-4-13/h3-9,11,19,25H,10H2,1-2H3,(H,24,26). The minimum absolute atomic E-state index is 0.100. The number of aromatic nitrogens is 1. The topological polar surface area (TPSA) is 88.5 Å². The van der Waals surface area contributed by atoms with Crippen molar-refractivity contribution in [2.45, 2.75) is 19.4 Å². The fourth-order valence-electron chi connectivity index (χ4n) is 2.96. The number of carbonyl (C=O) groups is 2. The summed E-state index contributed by atoms with van der Waals surface area (Å²) in [6.45, 7) is 1.73. The molecule has 0 aliphatic heterocycles. The van der Waals surface area contributed by atoms with Crippen LogP contribution in [0.15, 0.2) is 48.5 Å². The van der Waals surface area contributed by atoms with Crippen molar-refractivity contribution in [3.63, 3.8) is 0 Å². The largest absolute Gasteiger partial charge is 0.508 e. The summed E-state index contributed by atoms with van der Waals surface area (Å²) < 4.78 is 18.5. The predicted molar refractivity (Wildman–Crippen MR) is 102 cm³/mol. The van der Waals surface area contributed by atoms with Gasteiger partial charge in [0, 0.05) is 17.5 Å². The van der Waals surface area contributed by atoms with Crippen LogP contribution < -0.4 is 5.32 Å². The first-order chi connectivity index (χ1) is 13.4. The number of amides is 1.